The summed E-state index contributed by atoms with van der Waals surface area (Å²) in [4.78, 5) is 10.8. The highest BCUT2D eigenvalue weighted by atomic mass is 35.5. The minimum absolute atomic E-state index is 0.00892. The Kier molecular flexibility index (Phi) is 3.22. The zero-order chi connectivity index (χ0) is 12.5. The fourth-order valence-electron chi connectivity index (χ4n) is 1.85. The van der Waals surface area contributed by atoms with Crippen LogP contribution in [-0.4, -0.2) is 29.7 Å². The van der Waals surface area contributed by atoms with E-state index < -0.39 is 17.3 Å². The summed E-state index contributed by atoms with van der Waals surface area (Å²) < 4.78 is 13.0. The molecule has 0 unspecified atom stereocenters. The van der Waals surface area contributed by atoms with E-state index in [9.17, 15) is 9.18 Å². The van der Waals surface area contributed by atoms with Gasteiger partial charge in [-0.1, -0.05) is 11.6 Å². The van der Waals surface area contributed by atoms with Gasteiger partial charge in [0.1, 0.15) is 5.82 Å². The number of aliphatic carboxylic acids is 1. The van der Waals surface area contributed by atoms with Gasteiger partial charge in [0.2, 0.25) is 0 Å². The molecule has 1 aromatic rings. The molecule has 1 aromatic carbocycles. The summed E-state index contributed by atoms with van der Waals surface area (Å²) in [5.41, 5.74) is 0.117. The molecule has 0 atom stereocenters. The number of benzene rings is 1. The SMILES string of the molecule is O=C(O)CC1(Nc2ccc(F)c(Cl)c2)CNC1. The lowest BCUT2D eigenvalue weighted by Crippen LogP contribution is -2.65. The van der Waals surface area contributed by atoms with Crippen molar-refractivity contribution in [3.05, 3.63) is 29.0 Å². The minimum Gasteiger partial charge on any atom is -0.481 e. The lowest BCUT2D eigenvalue weighted by Gasteiger charge is -2.43. The number of hydrogen-bond donors (Lipinski definition) is 3. The second kappa shape index (κ2) is 4.50. The standard InChI is InChI=1S/C11H12ClFN2O2/c12-8-3-7(1-2-9(8)13)15-11(4-10(16)17)5-14-6-11/h1-3,14-15H,4-6H2,(H,16,17). The van der Waals surface area contributed by atoms with Gasteiger partial charge in [0, 0.05) is 18.8 Å². The van der Waals surface area contributed by atoms with Gasteiger partial charge in [0.05, 0.1) is 17.0 Å². The first-order valence-corrected chi connectivity index (χ1v) is 5.54. The monoisotopic (exact) mass is 258 g/mol. The van der Waals surface area contributed by atoms with Crippen LogP contribution in [0.15, 0.2) is 18.2 Å². The van der Waals surface area contributed by atoms with Crippen molar-refractivity contribution in [3.63, 3.8) is 0 Å². The molecule has 1 aliphatic rings. The van der Waals surface area contributed by atoms with Crippen molar-refractivity contribution in [2.24, 2.45) is 0 Å². The fraction of sp³-hybridized carbons (Fsp3) is 0.364. The van der Waals surface area contributed by atoms with Crippen molar-refractivity contribution in [3.8, 4) is 0 Å². The summed E-state index contributed by atoms with van der Waals surface area (Å²) in [5, 5.41) is 15.0. The van der Waals surface area contributed by atoms with Crippen LogP contribution in [0.25, 0.3) is 0 Å². The largest absolute Gasteiger partial charge is 0.481 e. The molecule has 1 heterocycles. The number of hydrogen-bond acceptors (Lipinski definition) is 3. The van der Waals surface area contributed by atoms with E-state index in [0.29, 0.717) is 18.8 Å². The number of anilines is 1. The van der Waals surface area contributed by atoms with E-state index in [1.807, 2.05) is 0 Å². The molecule has 4 nitrogen and oxygen atoms in total. The Hall–Kier alpha value is -1.33. The molecular formula is C11H12ClFN2O2. The Morgan fingerprint density at radius 3 is 2.76 bits per heavy atom. The minimum atomic E-state index is -0.868. The molecule has 0 aliphatic carbocycles. The number of carbonyl (C=O) groups is 1. The third kappa shape index (κ3) is 2.68. The molecule has 0 saturated carbocycles. The van der Waals surface area contributed by atoms with E-state index in [1.54, 1.807) is 6.07 Å². The van der Waals surface area contributed by atoms with E-state index in [1.165, 1.54) is 12.1 Å². The first-order valence-electron chi connectivity index (χ1n) is 5.17. The zero-order valence-electron chi connectivity index (χ0n) is 8.96. The number of carboxylic acids is 1. The average Bonchev–Trinajstić information content (AvgIpc) is 2.19. The lowest BCUT2D eigenvalue weighted by molar-refractivity contribution is -0.138. The molecular weight excluding hydrogens is 247 g/mol. The van der Waals surface area contributed by atoms with E-state index in [4.69, 9.17) is 16.7 Å². The summed E-state index contributed by atoms with van der Waals surface area (Å²) in [6.07, 6.45) is 0.00892. The van der Waals surface area contributed by atoms with Crippen molar-refractivity contribution < 1.29 is 14.3 Å². The molecule has 1 saturated heterocycles. The van der Waals surface area contributed by atoms with Crippen LogP contribution in [0.1, 0.15) is 6.42 Å². The summed E-state index contributed by atoms with van der Waals surface area (Å²) in [6.45, 7) is 1.13. The third-order valence-electron chi connectivity index (χ3n) is 2.75. The van der Waals surface area contributed by atoms with Crippen LogP contribution in [0.4, 0.5) is 10.1 Å². The molecule has 1 aliphatic heterocycles. The molecule has 0 bridgehead atoms. The van der Waals surface area contributed by atoms with Crippen molar-refractivity contribution in [1.29, 1.82) is 0 Å². The van der Waals surface area contributed by atoms with Crippen molar-refractivity contribution >= 4 is 23.3 Å². The highest BCUT2D eigenvalue weighted by Crippen LogP contribution is 2.26. The molecule has 17 heavy (non-hydrogen) atoms. The molecule has 92 valence electrons. The van der Waals surface area contributed by atoms with Gasteiger partial charge in [-0.05, 0) is 18.2 Å². The normalized spacial score (nSPS) is 17.3. The lowest BCUT2D eigenvalue weighted by atomic mass is 9.88. The van der Waals surface area contributed by atoms with Crippen LogP contribution >= 0.6 is 11.6 Å². The van der Waals surface area contributed by atoms with Crippen LogP contribution in [0.2, 0.25) is 5.02 Å². The second-order valence-electron chi connectivity index (χ2n) is 4.21. The Morgan fingerprint density at radius 2 is 2.29 bits per heavy atom. The smallest absolute Gasteiger partial charge is 0.305 e. The summed E-state index contributed by atoms with van der Waals surface area (Å²) in [7, 11) is 0. The maximum absolute atomic E-state index is 13.0. The van der Waals surface area contributed by atoms with Gasteiger partial charge >= 0.3 is 5.97 Å². The van der Waals surface area contributed by atoms with E-state index >= 15 is 0 Å². The number of rotatable bonds is 4. The van der Waals surface area contributed by atoms with Gasteiger partial charge in [-0.15, -0.1) is 0 Å². The number of carboxylic acid groups (broad SMARTS) is 1. The molecule has 0 spiro atoms. The maximum atomic E-state index is 13.0. The van der Waals surface area contributed by atoms with Gasteiger partial charge < -0.3 is 15.7 Å². The predicted octanol–water partition coefficient (Wildman–Crippen LogP) is 1.71. The summed E-state index contributed by atoms with van der Waals surface area (Å²) >= 11 is 5.66. The molecule has 1 fully saturated rings. The molecule has 3 N–H and O–H groups in total. The van der Waals surface area contributed by atoms with Gasteiger partial charge in [-0.2, -0.15) is 0 Å². The van der Waals surface area contributed by atoms with Gasteiger partial charge in [0.15, 0.2) is 0 Å². The predicted molar refractivity (Wildman–Crippen MR) is 62.9 cm³/mol. The van der Waals surface area contributed by atoms with E-state index in [0.717, 1.165) is 0 Å². The van der Waals surface area contributed by atoms with E-state index in [-0.39, 0.29) is 11.4 Å². The van der Waals surface area contributed by atoms with Gasteiger partial charge in [-0.3, -0.25) is 4.79 Å². The van der Waals surface area contributed by atoms with Crippen LogP contribution in [0.5, 0.6) is 0 Å². The highest BCUT2D eigenvalue weighted by Gasteiger charge is 2.39. The summed E-state index contributed by atoms with van der Waals surface area (Å²) in [5.74, 6) is -1.36. The Balaban J connectivity index is 2.13. The third-order valence-corrected chi connectivity index (χ3v) is 3.04. The van der Waals surface area contributed by atoms with E-state index in [2.05, 4.69) is 10.6 Å². The van der Waals surface area contributed by atoms with Crippen molar-refractivity contribution in [1.82, 2.24) is 5.32 Å². The fourth-order valence-corrected chi connectivity index (χ4v) is 2.03. The maximum Gasteiger partial charge on any atom is 0.305 e. The van der Waals surface area contributed by atoms with Gasteiger partial charge in [0.25, 0.3) is 0 Å². The first kappa shape index (κ1) is 12.1. The highest BCUT2D eigenvalue weighted by molar-refractivity contribution is 6.31. The Labute approximate surface area is 103 Å². The average molecular weight is 259 g/mol. The number of halogens is 2. The molecule has 0 radical (unpaired) electrons. The van der Waals surface area contributed by atoms with Crippen molar-refractivity contribution in [2.45, 2.75) is 12.0 Å². The molecule has 2 rings (SSSR count). The van der Waals surface area contributed by atoms with Crippen LogP contribution in [0.3, 0.4) is 0 Å². The Bertz CT molecular complexity index is 449. The summed E-state index contributed by atoms with van der Waals surface area (Å²) in [6, 6.07) is 4.26. The quantitative estimate of drug-likeness (QED) is 0.769. The van der Waals surface area contributed by atoms with Crippen molar-refractivity contribution in [2.75, 3.05) is 18.4 Å². The van der Waals surface area contributed by atoms with Gasteiger partial charge in [-0.25, -0.2) is 4.39 Å². The molecule has 6 heteroatoms. The molecule has 0 aromatic heterocycles. The zero-order valence-corrected chi connectivity index (χ0v) is 9.72. The van der Waals surface area contributed by atoms with Crippen LogP contribution in [0, 0.1) is 5.82 Å². The topological polar surface area (TPSA) is 61.4 Å². The van der Waals surface area contributed by atoms with Crippen LogP contribution in [-0.2, 0) is 4.79 Å². The Morgan fingerprint density at radius 1 is 1.59 bits per heavy atom. The first-order chi connectivity index (χ1) is 8.01. The van der Waals surface area contributed by atoms with Crippen LogP contribution < -0.4 is 10.6 Å². The molecule has 0 amide bonds. The second-order valence-corrected chi connectivity index (χ2v) is 4.62. The number of nitrogens with one attached hydrogen (secondary N) is 2.